The van der Waals surface area contributed by atoms with Gasteiger partial charge in [0.2, 0.25) is 0 Å². The van der Waals surface area contributed by atoms with Gasteiger partial charge in [-0.15, -0.1) is 0 Å². The first kappa shape index (κ1) is 19.0. The molecule has 0 saturated carbocycles. The Hall–Kier alpha value is -2.04. The second-order valence-corrected chi connectivity index (χ2v) is 7.63. The maximum absolute atomic E-state index is 12.5. The molecule has 0 aliphatic heterocycles. The summed E-state index contributed by atoms with van der Waals surface area (Å²) in [7, 11) is 0. The van der Waals surface area contributed by atoms with Crippen molar-refractivity contribution in [3.63, 3.8) is 0 Å². The zero-order valence-electron chi connectivity index (χ0n) is 15.0. The minimum absolute atomic E-state index is 0.367. The standard InChI is InChI=1S/C18H27NO4/c1-11-8-9-12(13(19)10-11)14(15(20)22-17(2,3)4)16(21)23-18(5,6)7/h8-10,14H,19H2,1-7H3. The van der Waals surface area contributed by atoms with E-state index in [9.17, 15) is 9.59 Å². The Balaban J connectivity index is 3.25. The number of carbonyl (C=O) groups excluding carboxylic acids is 2. The number of aryl methyl sites for hydroxylation is 1. The number of carbonyl (C=O) groups is 2. The average Bonchev–Trinajstić information content (AvgIpc) is 2.27. The molecular weight excluding hydrogens is 294 g/mol. The van der Waals surface area contributed by atoms with Gasteiger partial charge in [-0.3, -0.25) is 9.59 Å². The third-order valence-corrected chi connectivity index (χ3v) is 2.84. The number of benzene rings is 1. The molecule has 2 N–H and O–H groups in total. The molecule has 23 heavy (non-hydrogen) atoms. The number of hydrogen-bond donors (Lipinski definition) is 1. The Bertz CT molecular complexity index is 566. The van der Waals surface area contributed by atoms with Crippen LogP contribution >= 0.6 is 0 Å². The Kier molecular flexibility index (Phi) is 5.46. The van der Waals surface area contributed by atoms with Crippen LogP contribution in [-0.2, 0) is 19.1 Å². The van der Waals surface area contributed by atoms with Crippen LogP contribution in [0.25, 0.3) is 0 Å². The van der Waals surface area contributed by atoms with Crippen molar-refractivity contribution in [1.29, 1.82) is 0 Å². The molecule has 5 heteroatoms. The van der Waals surface area contributed by atoms with E-state index in [0.29, 0.717) is 11.3 Å². The van der Waals surface area contributed by atoms with Gasteiger partial charge in [0.1, 0.15) is 11.2 Å². The fraction of sp³-hybridized carbons (Fsp3) is 0.556. The molecule has 0 aliphatic rings. The van der Waals surface area contributed by atoms with E-state index in [1.165, 1.54) is 0 Å². The number of nitrogen functional groups attached to an aromatic ring is 1. The zero-order chi connectivity index (χ0) is 18.0. The third kappa shape index (κ3) is 5.93. The summed E-state index contributed by atoms with van der Waals surface area (Å²) in [5.74, 6) is -2.53. The summed E-state index contributed by atoms with van der Waals surface area (Å²) in [6, 6.07) is 5.19. The number of nitrogens with two attached hydrogens (primary N) is 1. The summed E-state index contributed by atoms with van der Waals surface area (Å²) in [6.45, 7) is 12.4. The van der Waals surface area contributed by atoms with Crippen molar-refractivity contribution in [2.24, 2.45) is 0 Å². The SMILES string of the molecule is Cc1ccc(C(C(=O)OC(C)(C)C)C(=O)OC(C)(C)C)c(N)c1. The fourth-order valence-corrected chi connectivity index (χ4v) is 2.03. The predicted molar refractivity (Wildman–Crippen MR) is 90.0 cm³/mol. The summed E-state index contributed by atoms with van der Waals surface area (Å²) in [4.78, 5) is 25.1. The van der Waals surface area contributed by atoms with E-state index in [1.54, 1.807) is 59.7 Å². The van der Waals surface area contributed by atoms with Crippen LogP contribution in [0.15, 0.2) is 18.2 Å². The second kappa shape index (κ2) is 6.60. The maximum atomic E-state index is 12.5. The molecule has 1 rings (SSSR count). The van der Waals surface area contributed by atoms with Gasteiger partial charge in [0.15, 0.2) is 5.92 Å². The molecule has 0 bridgehead atoms. The Morgan fingerprint density at radius 1 is 0.957 bits per heavy atom. The number of anilines is 1. The molecule has 0 aromatic heterocycles. The highest BCUT2D eigenvalue weighted by molar-refractivity contribution is 6.02. The van der Waals surface area contributed by atoms with Gasteiger partial charge in [-0.2, -0.15) is 0 Å². The first-order chi connectivity index (χ1) is 10.3. The van der Waals surface area contributed by atoms with Crippen LogP contribution in [0.2, 0.25) is 0 Å². The van der Waals surface area contributed by atoms with Gasteiger partial charge in [0.25, 0.3) is 0 Å². The molecular formula is C18H27NO4. The Morgan fingerprint density at radius 3 is 1.74 bits per heavy atom. The van der Waals surface area contributed by atoms with Gasteiger partial charge in [-0.25, -0.2) is 0 Å². The van der Waals surface area contributed by atoms with Crippen molar-refractivity contribution >= 4 is 17.6 Å². The molecule has 128 valence electrons. The quantitative estimate of drug-likeness (QED) is 0.525. The van der Waals surface area contributed by atoms with Crippen LogP contribution in [0, 0.1) is 6.92 Å². The monoisotopic (exact) mass is 321 g/mol. The predicted octanol–water partition coefficient (Wildman–Crippen LogP) is 3.34. The lowest BCUT2D eigenvalue weighted by Gasteiger charge is -2.27. The van der Waals surface area contributed by atoms with Gasteiger partial charge in [-0.05, 0) is 60.1 Å². The van der Waals surface area contributed by atoms with Crippen molar-refractivity contribution in [2.75, 3.05) is 5.73 Å². The van der Waals surface area contributed by atoms with E-state index in [4.69, 9.17) is 15.2 Å². The largest absolute Gasteiger partial charge is 0.459 e. The van der Waals surface area contributed by atoms with E-state index in [0.717, 1.165) is 5.56 Å². The number of ether oxygens (including phenoxy) is 2. The van der Waals surface area contributed by atoms with Gasteiger partial charge in [0, 0.05) is 11.3 Å². The minimum Gasteiger partial charge on any atom is -0.459 e. The molecule has 0 unspecified atom stereocenters. The first-order valence-electron chi connectivity index (χ1n) is 7.62. The fourth-order valence-electron chi connectivity index (χ4n) is 2.03. The van der Waals surface area contributed by atoms with E-state index in [2.05, 4.69) is 0 Å². The van der Waals surface area contributed by atoms with Crippen molar-refractivity contribution in [3.8, 4) is 0 Å². The molecule has 1 aromatic rings. The molecule has 1 aromatic carbocycles. The van der Waals surface area contributed by atoms with Gasteiger partial charge in [0.05, 0.1) is 0 Å². The van der Waals surface area contributed by atoms with Crippen molar-refractivity contribution in [3.05, 3.63) is 29.3 Å². The summed E-state index contributed by atoms with van der Waals surface area (Å²) in [6.07, 6.45) is 0. The minimum atomic E-state index is -1.20. The van der Waals surface area contributed by atoms with Crippen LogP contribution in [0.1, 0.15) is 58.6 Å². The highest BCUT2D eigenvalue weighted by Crippen LogP contribution is 2.29. The molecule has 0 fully saturated rings. The van der Waals surface area contributed by atoms with Crippen LogP contribution in [0.3, 0.4) is 0 Å². The number of rotatable bonds is 3. The lowest BCUT2D eigenvalue weighted by Crippen LogP contribution is -2.35. The van der Waals surface area contributed by atoms with E-state index >= 15 is 0 Å². The lowest BCUT2D eigenvalue weighted by atomic mass is 9.95. The molecule has 0 spiro atoms. The second-order valence-electron chi connectivity index (χ2n) is 7.63. The highest BCUT2D eigenvalue weighted by atomic mass is 16.6. The van der Waals surface area contributed by atoms with Crippen molar-refractivity contribution < 1.29 is 19.1 Å². The summed E-state index contributed by atoms with van der Waals surface area (Å²) < 4.78 is 10.8. The van der Waals surface area contributed by atoms with Crippen LogP contribution in [0.5, 0.6) is 0 Å². The van der Waals surface area contributed by atoms with Gasteiger partial charge >= 0.3 is 11.9 Å². The average molecular weight is 321 g/mol. The molecule has 0 aliphatic carbocycles. The normalized spacial score (nSPS) is 12.2. The zero-order valence-corrected chi connectivity index (χ0v) is 15.0. The van der Waals surface area contributed by atoms with Crippen LogP contribution < -0.4 is 5.73 Å². The molecule has 5 nitrogen and oxygen atoms in total. The topological polar surface area (TPSA) is 78.6 Å². The summed E-state index contributed by atoms with van der Waals surface area (Å²) in [5, 5.41) is 0. The summed E-state index contributed by atoms with van der Waals surface area (Å²) >= 11 is 0. The van der Waals surface area contributed by atoms with E-state index in [1.807, 2.05) is 6.92 Å². The third-order valence-electron chi connectivity index (χ3n) is 2.84. The molecule has 0 amide bonds. The molecule has 0 radical (unpaired) electrons. The van der Waals surface area contributed by atoms with Crippen LogP contribution in [0.4, 0.5) is 5.69 Å². The van der Waals surface area contributed by atoms with Gasteiger partial charge < -0.3 is 15.2 Å². The highest BCUT2D eigenvalue weighted by Gasteiger charge is 2.37. The van der Waals surface area contributed by atoms with Gasteiger partial charge in [-0.1, -0.05) is 12.1 Å². The Labute approximate surface area is 138 Å². The lowest BCUT2D eigenvalue weighted by molar-refractivity contribution is -0.169. The Morgan fingerprint density at radius 2 is 1.39 bits per heavy atom. The molecule has 0 atom stereocenters. The molecule has 0 heterocycles. The first-order valence-corrected chi connectivity index (χ1v) is 7.62. The van der Waals surface area contributed by atoms with Crippen molar-refractivity contribution in [1.82, 2.24) is 0 Å². The maximum Gasteiger partial charge on any atom is 0.325 e. The smallest absolute Gasteiger partial charge is 0.325 e. The number of esters is 2. The van der Waals surface area contributed by atoms with Crippen LogP contribution in [-0.4, -0.2) is 23.1 Å². The molecule has 0 saturated heterocycles. The number of hydrogen-bond acceptors (Lipinski definition) is 5. The van der Waals surface area contributed by atoms with E-state index < -0.39 is 29.1 Å². The summed E-state index contributed by atoms with van der Waals surface area (Å²) in [5.41, 5.74) is 6.30. The van der Waals surface area contributed by atoms with Crippen molar-refractivity contribution in [2.45, 2.75) is 65.6 Å². The van der Waals surface area contributed by atoms with E-state index in [-0.39, 0.29) is 0 Å².